The lowest BCUT2D eigenvalue weighted by atomic mass is 10.1. The van der Waals surface area contributed by atoms with Gasteiger partial charge in [-0.25, -0.2) is 0 Å². The van der Waals surface area contributed by atoms with Gasteiger partial charge in [-0.3, -0.25) is 4.79 Å². The summed E-state index contributed by atoms with van der Waals surface area (Å²) in [5, 5.41) is 2.93. The van der Waals surface area contributed by atoms with E-state index in [9.17, 15) is 4.79 Å². The molecule has 1 aliphatic heterocycles. The van der Waals surface area contributed by atoms with Gasteiger partial charge in [-0.15, -0.1) is 11.8 Å². The highest BCUT2D eigenvalue weighted by Gasteiger charge is 2.28. The van der Waals surface area contributed by atoms with Gasteiger partial charge < -0.3 is 11.1 Å². The molecule has 0 radical (unpaired) electrons. The van der Waals surface area contributed by atoms with Crippen LogP contribution in [-0.4, -0.2) is 23.7 Å². The fourth-order valence-corrected chi connectivity index (χ4v) is 2.93. The first-order valence-electron chi connectivity index (χ1n) is 5.45. The average molecular weight is 236 g/mol. The summed E-state index contributed by atoms with van der Waals surface area (Å²) in [6.07, 6.45) is 0.823. The van der Waals surface area contributed by atoms with Crippen LogP contribution in [0.2, 0.25) is 0 Å². The lowest BCUT2D eigenvalue weighted by Gasteiger charge is -2.14. The molecule has 2 unspecified atom stereocenters. The highest BCUT2D eigenvalue weighted by atomic mass is 32.2. The third kappa shape index (κ3) is 2.39. The van der Waals surface area contributed by atoms with Gasteiger partial charge in [-0.1, -0.05) is 18.2 Å². The molecular formula is C12H16N2OS. The maximum Gasteiger partial charge on any atom is 0.234 e. The maximum atomic E-state index is 11.9. The molecule has 1 heterocycles. The van der Waals surface area contributed by atoms with Crippen molar-refractivity contribution in [3.05, 3.63) is 29.8 Å². The molecule has 0 bridgehead atoms. The van der Waals surface area contributed by atoms with Crippen LogP contribution < -0.4 is 11.1 Å². The van der Waals surface area contributed by atoms with Crippen LogP contribution in [0.5, 0.6) is 0 Å². The van der Waals surface area contributed by atoms with Gasteiger partial charge in [0.05, 0.1) is 5.25 Å². The van der Waals surface area contributed by atoms with Gasteiger partial charge in [-0.2, -0.15) is 0 Å². The molecule has 0 aliphatic carbocycles. The van der Waals surface area contributed by atoms with Crippen LogP contribution in [0.15, 0.2) is 29.2 Å². The maximum absolute atomic E-state index is 11.9. The Hall–Kier alpha value is -1.00. The zero-order valence-electron chi connectivity index (χ0n) is 9.27. The normalized spacial score (nSPS) is 20.2. The van der Waals surface area contributed by atoms with Crippen molar-refractivity contribution in [3.8, 4) is 0 Å². The van der Waals surface area contributed by atoms with E-state index in [2.05, 4.69) is 17.4 Å². The fourth-order valence-electron chi connectivity index (χ4n) is 1.72. The number of hydrogen-bond acceptors (Lipinski definition) is 3. The molecule has 0 aromatic heterocycles. The van der Waals surface area contributed by atoms with Crippen LogP contribution in [0, 0.1) is 0 Å². The summed E-state index contributed by atoms with van der Waals surface area (Å²) in [7, 11) is 0. The highest BCUT2D eigenvalue weighted by Crippen LogP contribution is 2.36. The predicted octanol–water partition coefficient (Wildman–Crippen LogP) is 1.17. The van der Waals surface area contributed by atoms with E-state index in [0.717, 1.165) is 6.42 Å². The second-order valence-corrected chi connectivity index (χ2v) is 5.31. The summed E-state index contributed by atoms with van der Waals surface area (Å²) in [6.45, 7) is 2.40. The van der Waals surface area contributed by atoms with Crippen molar-refractivity contribution in [1.82, 2.24) is 5.32 Å². The number of nitrogens with one attached hydrogen (secondary N) is 1. The number of amides is 1. The first-order valence-corrected chi connectivity index (χ1v) is 6.33. The van der Waals surface area contributed by atoms with Crippen LogP contribution in [-0.2, 0) is 11.2 Å². The number of hydrogen-bond donors (Lipinski definition) is 2. The number of nitrogens with two attached hydrogens (primary N) is 1. The molecule has 1 amide bonds. The van der Waals surface area contributed by atoms with Crippen molar-refractivity contribution in [3.63, 3.8) is 0 Å². The Labute approximate surface area is 99.8 Å². The Morgan fingerprint density at radius 1 is 1.62 bits per heavy atom. The molecule has 4 heteroatoms. The molecule has 2 atom stereocenters. The quantitative estimate of drug-likeness (QED) is 0.828. The SMILES string of the molecule is CC(CN)NC(=O)C1Cc2ccccc2S1. The lowest BCUT2D eigenvalue weighted by Crippen LogP contribution is -2.42. The second kappa shape index (κ2) is 4.89. The highest BCUT2D eigenvalue weighted by molar-refractivity contribution is 8.01. The van der Waals surface area contributed by atoms with Gasteiger partial charge >= 0.3 is 0 Å². The zero-order chi connectivity index (χ0) is 11.5. The van der Waals surface area contributed by atoms with E-state index in [-0.39, 0.29) is 17.2 Å². The number of thioether (sulfide) groups is 1. The van der Waals surface area contributed by atoms with Crippen molar-refractivity contribution in [2.45, 2.75) is 29.5 Å². The molecule has 0 saturated carbocycles. The minimum absolute atomic E-state index is 0.00593. The summed E-state index contributed by atoms with van der Waals surface area (Å²) in [5.41, 5.74) is 6.75. The summed E-state index contributed by atoms with van der Waals surface area (Å²) >= 11 is 1.64. The number of rotatable bonds is 3. The van der Waals surface area contributed by atoms with E-state index in [0.29, 0.717) is 6.54 Å². The zero-order valence-corrected chi connectivity index (χ0v) is 10.1. The van der Waals surface area contributed by atoms with Crippen molar-refractivity contribution in [2.75, 3.05) is 6.54 Å². The molecule has 0 spiro atoms. The van der Waals surface area contributed by atoms with E-state index in [1.165, 1.54) is 10.5 Å². The van der Waals surface area contributed by atoms with Crippen molar-refractivity contribution < 1.29 is 4.79 Å². The van der Waals surface area contributed by atoms with Crippen molar-refractivity contribution in [2.24, 2.45) is 5.73 Å². The van der Waals surface area contributed by atoms with Crippen molar-refractivity contribution in [1.29, 1.82) is 0 Å². The minimum Gasteiger partial charge on any atom is -0.351 e. The largest absolute Gasteiger partial charge is 0.351 e. The molecule has 1 aromatic carbocycles. The minimum atomic E-state index is 0.00593. The Balaban J connectivity index is 1.98. The van der Waals surface area contributed by atoms with Crippen molar-refractivity contribution >= 4 is 17.7 Å². The van der Waals surface area contributed by atoms with Crippen LogP contribution in [0.25, 0.3) is 0 Å². The van der Waals surface area contributed by atoms with E-state index in [1.54, 1.807) is 11.8 Å². The molecule has 3 N–H and O–H groups in total. The van der Waals surface area contributed by atoms with Gasteiger partial charge in [-0.05, 0) is 25.0 Å². The molecule has 1 aromatic rings. The first-order chi connectivity index (χ1) is 7.70. The van der Waals surface area contributed by atoms with Crippen LogP contribution >= 0.6 is 11.8 Å². The molecule has 86 valence electrons. The summed E-state index contributed by atoms with van der Waals surface area (Å²) in [4.78, 5) is 13.1. The van der Waals surface area contributed by atoms with Gasteiger partial charge in [0.2, 0.25) is 5.91 Å². The van der Waals surface area contributed by atoms with Gasteiger partial charge in [0.15, 0.2) is 0 Å². The molecule has 0 saturated heterocycles. The Morgan fingerprint density at radius 3 is 3.06 bits per heavy atom. The smallest absolute Gasteiger partial charge is 0.234 e. The van der Waals surface area contributed by atoms with E-state index in [4.69, 9.17) is 5.73 Å². The third-order valence-corrected chi connectivity index (χ3v) is 4.00. The van der Waals surface area contributed by atoms with E-state index in [1.807, 2.05) is 19.1 Å². The van der Waals surface area contributed by atoms with Crippen LogP contribution in [0.4, 0.5) is 0 Å². The fraction of sp³-hybridized carbons (Fsp3) is 0.417. The average Bonchev–Trinajstić information content (AvgIpc) is 2.72. The Bertz CT molecular complexity index is 369. The topological polar surface area (TPSA) is 55.1 Å². The molecule has 1 aliphatic rings. The van der Waals surface area contributed by atoms with Gasteiger partial charge in [0, 0.05) is 17.5 Å². The summed E-state index contributed by atoms with van der Waals surface area (Å²) in [6, 6.07) is 8.23. The first kappa shape index (κ1) is 11.5. The van der Waals surface area contributed by atoms with E-state index < -0.39 is 0 Å². The molecule has 0 fully saturated rings. The molecular weight excluding hydrogens is 220 g/mol. The summed E-state index contributed by atoms with van der Waals surface area (Å²) < 4.78 is 0. The number of carbonyl (C=O) groups excluding carboxylic acids is 1. The molecule has 16 heavy (non-hydrogen) atoms. The Morgan fingerprint density at radius 2 is 2.38 bits per heavy atom. The predicted molar refractivity (Wildman–Crippen MR) is 66.5 cm³/mol. The second-order valence-electron chi connectivity index (χ2n) is 4.06. The number of carbonyl (C=O) groups is 1. The molecule has 3 nitrogen and oxygen atoms in total. The lowest BCUT2D eigenvalue weighted by molar-refractivity contribution is -0.121. The Kier molecular flexibility index (Phi) is 3.51. The standard InChI is InChI=1S/C12H16N2OS/c1-8(7-13)14-12(15)11-6-9-4-2-3-5-10(9)16-11/h2-5,8,11H,6-7,13H2,1H3,(H,14,15). The number of fused-ring (bicyclic) bond motifs is 1. The van der Waals surface area contributed by atoms with Gasteiger partial charge in [0.1, 0.15) is 0 Å². The monoisotopic (exact) mass is 236 g/mol. The third-order valence-electron chi connectivity index (χ3n) is 2.68. The number of benzene rings is 1. The van der Waals surface area contributed by atoms with Crippen LogP contribution in [0.3, 0.4) is 0 Å². The molecule has 2 rings (SSSR count). The van der Waals surface area contributed by atoms with Crippen LogP contribution in [0.1, 0.15) is 12.5 Å². The summed E-state index contributed by atoms with van der Waals surface area (Å²) in [5.74, 6) is 0.0964. The van der Waals surface area contributed by atoms with Gasteiger partial charge in [0.25, 0.3) is 0 Å². The van der Waals surface area contributed by atoms with E-state index >= 15 is 0 Å².